The Morgan fingerprint density at radius 3 is 3.00 bits per heavy atom. The van der Waals surface area contributed by atoms with Gasteiger partial charge >= 0.3 is 6.01 Å². The van der Waals surface area contributed by atoms with Crippen LogP contribution in [0.15, 0.2) is 28.7 Å². The molecule has 0 saturated heterocycles. The zero-order valence-corrected chi connectivity index (χ0v) is 10.8. The Bertz CT molecular complexity index is 663. The topological polar surface area (TPSA) is 80.1 Å². The number of nitrogens with one attached hydrogen (secondary N) is 2. The number of fused-ring (bicyclic) bond motifs is 1. The third kappa shape index (κ3) is 1.93. The van der Waals surface area contributed by atoms with Gasteiger partial charge in [-0.2, -0.15) is 0 Å². The van der Waals surface area contributed by atoms with Crippen molar-refractivity contribution in [3.63, 3.8) is 0 Å². The SMILES string of the molecule is O=C(Nc1nnc(C2CC2)o1)C1CNc2ccccc21. The monoisotopic (exact) mass is 270 g/mol. The van der Waals surface area contributed by atoms with Crippen molar-refractivity contribution in [2.45, 2.75) is 24.7 Å². The molecule has 0 radical (unpaired) electrons. The zero-order chi connectivity index (χ0) is 13.5. The smallest absolute Gasteiger partial charge is 0.322 e. The van der Waals surface area contributed by atoms with Crippen LogP contribution in [-0.4, -0.2) is 22.6 Å². The number of carbonyl (C=O) groups is 1. The number of benzene rings is 1. The fourth-order valence-corrected chi connectivity index (χ4v) is 2.49. The summed E-state index contributed by atoms with van der Waals surface area (Å²) in [5, 5.41) is 13.8. The maximum absolute atomic E-state index is 12.3. The zero-order valence-electron chi connectivity index (χ0n) is 10.8. The van der Waals surface area contributed by atoms with Crippen molar-refractivity contribution < 1.29 is 9.21 Å². The van der Waals surface area contributed by atoms with Gasteiger partial charge in [-0.25, -0.2) is 0 Å². The van der Waals surface area contributed by atoms with Gasteiger partial charge in [0.05, 0.1) is 5.92 Å². The van der Waals surface area contributed by atoms with Crippen LogP contribution in [0.5, 0.6) is 0 Å². The molecule has 1 aliphatic carbocycles. The molecule has 0 bridgehead atoms. The van der Waals surface area contributed by atoms with Gasteiger partial charge in [-0.05, 0) is 24.5 Å². The van der Waals surface area contributed by atoms with Gasteiger partial charge < -0.3 is 9.73 Å². The van der Waals surface area contributed by atoms with Crippen LogP contribution in [0.3, 0.4) is 0 Å². The number of aromatic nitrogens is 2. The minimum Gasteiger partial charge on any atom is -0.408 e. The first-order chi connectivity index (χ1) is 9.81. The number of hydrogen-bond donors (Lipinski definition) is 2. The van der Waals surface area contributed by atoms with Gasteiger partial charge in [0.2, 0.25) is 11.8 Å². The van der Waals surface area contributed by atoms with Crippen LogP contribution in [0.25, 0.3) is 0 Å². The highest BCUT2D eigenvalue weighted by molar-refractivity contribution is 5.96. The average Bonchev–Trinajstić information content (AvgIpc) is 3.06. The fourth-order valence-electron chi connectivity index (χ4n) is 2.49. The van der Waals surface area contributed by atoms with Crippen molar-refractivity contribution >= 4 is 17.6 Å². The molecule has 1 aliphatic heterocycles. The average molecular weight is 270 g/mol. The largest absolute Gasteiger partial charge is 0.408 e. The summed E-state index contributed by atoms with van der Waals surface area (Å²) in [6.07, 6.45) is 2.19. The summed E-state index contributed by atoms with van der Waals surface area (Å²) in [6.45, 7) is 0.592. The van der Waals surface area contributed by atoms with E-state index in [0.717, 1.165) is 24.1 Å². The standard InChI is InChI=1S/C14H14N4O2/c19-12(10-7-15-11-4-2-1-3-9(10)11)16-14-18-17-13(20-14)8-5-6-8/h1-4,8,10,15H,5-7H2,(H,16,18,19). The first-order valence-corrected chi connectivity index (χ1v) is 6.78. The first-order valence-electron chi connectivity index (χ1n) is 6.78. The highest BCUT2D eigenvalue weighted by Crippen LogP contribution is 2.39. The molecule has 1 aromatic heterocycles. The molecular formula is C14H14N4O2. The van der Waals surface area contributed by atoms with Gasteiger partial charge in [-0.3, -0.25) is 10.1 Å². The molecule has 2 heterocycles. The molecule has 2 N–H and O–H groups in total. The number of carbonyl (C=O) groups excluding carboxylic acids is 1. The fraction of sp³-hybridized carbons (Fsp3) is 0.357. The number of rotatable bonds is 3. The van der Waals surface area contributed by atoms with E-state index in [1.807, 2.05) is 24.3 Å². The molecule has 0 spiro atoms. The Morgan fingerprint density at radius 1 is 1.30 bits per heavy atom. The van der Waals surface area contributed by atoms with Gasteiger partial charge in [0, 0.05) is 18.2 Å². The van der Waals surface area contributed by atoms with Gasteiger partial charge in [0.15, 0.2) is 0 Å². The summed E-state index contributed by atoms with van der Waals surface area (Å²) < 4.78 is 5.45. The minimum atomic E-state index is -0.220. The lowest BCUT2D eigenvalue weighted by atomic mass is 10.0. The molecule has 1 amide bonds. The summed E-state index contributed by atoms with van der Waals surface area (Å²) in [4.78, 5) is 12.3. The molecule has 6 heteroatoms. The van der Waals surface area contributed by atoms with E-state index in [1.165, 1.54) is 0 Å². The Kier molecular flexibility index (Phi) is 2.48. The van der Waals surface area contributed by atoms with Crippen molar-refractivity contribution in [2.24, 2.45) is 0 Å². The first kappa shape index (κ1) is 11.5. The van der Waals surface area contributed by atoms with Crippen molar-refractivity contribution in [3.8, 4) is 0 Å². The number of anilines is 2. The molecule has 102 valence electrons. The quantitative estimate of drug-likeness (QED) is 0.892. The van der Waals surface area contributed by atoms with E-state index in [0.29, 0.717) is 18.4 Å². The maximum atomic E-state index is 12.3. The second-order valence-corrected chi connectivity index (χ2v) is 5.23. The summed E-state index contributed by atoms with van der Waals surface area (Å²) in [7, 11) is 0. The molecule has 2 aromatic rings. The van der Waals surface area contributed by atoms with Crippen molar-refractivity contribution in [3.05, 3.63) is 35.7 Å². The molecule has 4 rings (SSSR count). The van der Waals surface area contributed by atoms with E-state index in [-0.39, 0.29) is 17.8 Å². The Hall–Kier alpha value is -2.37. The van der Waals surface area contributed by atoms with E-state index in [2.05, 4.69) is 20.8 Å². The molecule has 20 heavy (non-hydrogen) atoms. The predicted molar refractivity (Wildman–Crippen MR) is 72.6 cm³/mol. The second-order valence-electron chi connectivity index (χ2n) is 5.23. The van der Waals surface area contributed by atoms with E-state index >= 15 is 0 Å². The molecule has 1 fully saturated rings. The van der Waals surface area contributed by atoms with Crippen LogP contribution in [0.1, 0.15) is 36.1 Å². The van der Waals surface area contributed by atoms with Gasteiger partial charge in [0.1, 0.15) is 0 Å². The Labute approximate surface area is 115 Å². The number of amides is 1. The molecule has 1 aromatic carbocycles. The van der Waals surface area contributed by atoms with Crippen LogP contribution in [0, 0.1) is 0 Å². The Balaban J connectivity index is 1.50. The lowest BCUT2D eigenvalue weighted by molar-refractivity contribution is -0.117. The van der Waals surface area contributed by atoms with Gasteiger partial charge in [-0.1, -0.05) is 23.3 Å². The van der Waals surface area contributed by atoms with Crippen LogP contribution in [0.4, 0.5) is 11.7 Å². The maximum Gasteiger partial charge on any atom is 0.322 e. The number of nitrogens with zero attached hydrogens (tertiary/aromatic N) is 2. The van der Waals surface area contributed by atoms with Crippen molar-refractivity contribution in [1.82, 2.24) is 10.2 Å². The molecule has 2 aliphatic rings. The van der Waals surface area contributed by atoms with Crippen molar-refractivity contribution in [2.75, 3.05) is 17.2 Å². The van der Waals surface area contributed by atoms with Gasteiger partial charge in [0.25, 0.3) is 0 Å². The van der Waals surface area contributed by atoms with Crippen LogP contribution in [0.2, 0.25) is 0 Å². The lowest BCUT2D eigenvalue weighted by Gasteiger charge is -2.08. The highest BCUT2D eigenvalue weighted by atomic mass is 16.4. The normalized spacial score (nSPS) is 20.3. The van der Waals surface area contributed by atoms with Crippen LogP contribution in [-0.2, 0) is 4.79 Å². The summed E-state index contributed by atoms with van der Waals surface area (Å²) in [5.74, 6) is 0.684. The van der Waals surface area contributed by atoms with E-state index in [1.54, 1.807) is 0 Å². The molecule has 6 nitrogen and oxygen atoms in total. The third-order valence-corrected chi connectivity index (χ3v) is 3.75. The molecule has 1 unspecified atom stereocenters. The lowest BCUT2D eigenvalue weighted by Crippen LogP contribution is -2.22. The van der Waals surface area contributed by atoms with Crippen LogP contribution < -0.4 is 10.6 Å². The summed E-state index contributed by atoms with van der Waals surface area (Å²) in [5.41, 5.74) is 2.02. The molecule has 1 saturated carbocycles. The molecule has 1 atom stereocenters. The van der Waals surface area contributed by atoms with E-state index in [4.69, 9.17) is 4.42 Å². The van der Waals surface area contributed by atoms with E-state index < -0.39 is 0 Å². The van der Waals surface area contributed by atoms with Crippen molar-refractivity contribution in [1.29, 1.82) is 0 Å². The number of para-hydroxylation sites is 1. The third-order valence-electron chi connectivity index (χ3n) is 3.75. The minimum absolute atomic E-state index is 0.117. The van der Waals surface area contributed by atoms with Crippen LogP contribution >= 0.6 is 0 Å². The summed E-state index contributed by atoms with van der Waals surface area (Å²) in [6, 6.07) is 8.01. The second kappa shape index (κ2) is 4.33. The van der Waals surface area contributed by atoms with E-state index in [9.17, 15) is 4.79 Å². The molecular weight excluding hydrogens is 256 g/mol. The highest BCUT2D eigenvalue weighted by Gasteiger charge is 2.31. The van der Waals surface area contributed by atoms with Gasteiger partial charge in [-0.15, -0.1) is 5.10 Å². The Morgan fingerprint density at radius 2 is 2.15 bits per heavy atom. The predicted octanol–water partition coefficient (Wildman–Crippen LogP) is 2.09. The number of hydrogen-bond acceptors (Lipinski definition) is 5. The summed E-state index contributed by atoms with van der Waals surface area (Å²) >= 11 is 0.